The molecule has 0 aromatic heterocycles. The average Bonchev–Trinajstić information content (AvgIpc) is 2.41. The molecule has 0 saturated heterocycles. The molecule has 1 aromatic carbocycles. The van der Waals surface area contributed by atoms with Gasteiger partial charge in [0.05, 0.1) is 0 Å². The van der Waals surface area contributed by atoms with Crippen molar-refractivity contribution in [1.82, 2.24) is 10.2 Å². The van der Waals surface area contributed by atoms with Crippen LogP contribution < -0.4 is 5.32 Å². The lowest BCUT2D eigenvalue weighted by Gasteiger charge is -2.21. The highest BCUT2D eigenvalue weighted by molar-refractivity contribution is 9.10. The summed E-state index contributed by atoms with van der Waals surface area (Å²) in [7, 11) is 2.00. The maximum atomic E-state index is 5.36. The van der Waals surface area contributed by atoms with Gasteiger partial charge in [0.15, 0.2) is 5.11 Å². The fraction of sp³-hybridized carbons (Fsp3) is 0.500. The van der Waals surface area contributed by atoms with Crippen molar-refractivity contribution in [3.63, 3.8) is 0 Å². The fourth-order valence-corrected chi connectivity index (χ4v) is 2.18. The Balaban J connectivity index is 2.31. The summed E-state index contributed by atoms with van der Waals surface area (Å²) in [5.41, 5.74) is 1.23. The normalized spacial score (nSPS) is 10.3. The van der Waals surface area contributed by atoms with Gasteiger partial charge >= 0.3 is 0 Å². The second-order valence-electron chi connectivity index (χ2n) is 4.23. The summed E-state index contributed by atoms with van der Waals surface area (Å²) in [4.78, 5) is 2.04. The number of nitrogens with one attached hydrogen (secondary N) is 1. The van der Waals surface area contributed by atoms with Gasteiger partial charge in [0.2, 0.25) is 0 Å². The van der Waals surface area contributed by atoms with Crippen LogP contribution in [0.1, 0.15) is 18.9 Å². The van der Waals surface area contributed by atoms with Crippen LogP contribution in [0.25, 0.3) is 0 Å². The zero-order chi connectivity index (χ0) is 14.1. The Morgan fingerprint density at radius 3 is 2.84 bits per heavy atom. The first kappa shape index (κ1) is 16.4. The molecular weight excluding hydrogens is 324 g/mol. The van der Waals surface area contributed by atoms with Crippen molar-refractivity contribution < 1.29 is 4.74 Å². The molecule has 0 aliphatic rings. The molecule has 0 amide bonds. The van der Waals surface area contributed by atoms with Gasteiger partial charge in [-0.3, -0.25) is 0 Å². The van der Waals surface area contributed by atoms with Crippen molar-refractivity contribution in [3.8, 4) is 0 Å². The maximum Gasteiger partial charge on any atom is 0.168 e. The summed E-state index contributed by atoms with van der Waals surface area (Å²) >= 11 is 8.90. The van der Waals surface area contributed by atoms with Crippen LogP contribution in [0.15, 0.2) is 28.7 Å². The zero-order valence-electron chi connectivity index (χ0n) is 11.5. The summed E-state index contributed by atoms with van der Waals surface area (Å²) in [6.07, 6.45) is 0.969. The van der Waals surface area contributed by atoms with Crippen molar-refractivity contribution >= 4 is 33.3 Å². The zero-order valence-corrected chi connectivity index (χ0v) is 13.9. The third kappa shape index (κ3) is 6.36. The Morgan fingerprint density at radius 2 is 2.16 bits per heavy atom. The van der Waals surface area contributed by atoms with Gasteiger partial charge in [0.25, 0.3) is 0 Å². The van der Waals surface area contributed by atoms with Crippen molar-refractivity contribution in [3.05, 3.63) is 34.3 Å². The number of halogens is 1. The third-order valence-corrected chi connectivity index (χ3v) is 3.89. The van der Waals surface area contributed by atoms with E-state index in [0.29, 0.717) is 0 Å². The lowest BCUT2D eigenvalue weighted by molar-refractivity contribution is 0.145. The summed E-state index contributed by atoms with van der Waals surface area (Å²) in [5.74, 6) is 0. The van der Waals surface area contributed by atoms with Gasteiger partial charge in [0, 0.05) is 37.8 Å². The molecule has 106 valence electrons. The van der Waals surface area contributed by atoms with Crippen LogP contribution in [0, 0.1) is 0 Å². The highest BCUT2D eigenvalue weighted by Crippen LogP contribution is 2.17. The summed E-state index contributed by atoms with van der Waals surface area (Å²) in [6.45, 7) is 5.19. The molecule has 0 aliphatic carbocycles. The third-order valence-electron chi connectivity index (χ3n) is 2.66. The van der Waals surface area contributed by atoms with Crippen LogP contribution >= 0.6 is 28.1 Å². The average molecular weight is 345 g/mol. The molecule has 0 saturated carbocycles. The summed E-state index contributed by atoms with van der Waals surface area (Å²) in [6, 6.07) is 8.18. The molecule has 0 aliphatic heterocycles. The molecule has 0 atom stereocenters. The van der Waals surface area contributed by atoms with Crippen LogP contribution in [0.5, 0.6) is 0 Å². The number of hydrogen-bond acceptors (Lipinski definition) is 2. The molecule has 5 heteroatoms. The molecule has 1 N–H and O–H groups in total. The summed E-state index contributed by atoms with van der Waals surface area (Å²) in [5, 5.41) is 4.01. The number of ether oxygens (including phenoxy) is 1. The Hall–Kier alpha value is -0.650. The summed E-state index contributed by atoms with van der Waals surface area (Å²) < 4.78 is 6.40. The first-order valence-corrected chi connectivity index (χ1v) is 7.65. The quantitative estimate of drug-likeness (QED) is 0.606. The minimum Gasteiger partial charge on any atom is -0.382 e. The Labute approximate surface area is 129 Å². The maximum absolute atomic E-state index is 5.36. The first-order valence-electron chi connectivity index (χ1n) is 6.45. The van der Waals surface area contributed by atoms with Gasteiger partial charge in [-0.2, -0.15) is 0 Å². The van der Waals surface area contributed by atoms with Crippen LogP contribution in [0.4, 0.5) is 0 Å². The van der Waals surface area contributed by atoms with Crippen LogP contribution in [0.2, 0.25) is 0 Å². The second-order valence-corrected chi connectivity index (χ2v) is 5.47. The van der Waals surface area contributed by atoms with E-state index in [1.54, 1.807) is 0 Å². The number of benzene rings is 1. The van der Waals surface area contributed by atoms with E-state index in [2.05, 4.69) is 27.3 Å². The molecule has 0 heterocycles. The van der Waals surface area contributed by atoms with Crippen molar-refractivity contribution in [2.75, 3.05) is 26.8 Å². The Morgan fingerprint density at radius 1 is 1.42 bits per heavy atom. The molecule has 0 unspecified atom stereocenters. The molecule has 0 radical (unpaired) electrons. The SMILES string of the molecule is CCOCCCNC(=S)N(C)Cc1ccccc1Br. The number of hydrogen-bond donors (Lipinski definition) is 1. The number of nitrogens with zero attached hydrogens (tertiary/aromatic N) is 1. The van der Waals surface area contributed by atoms with Crippen molar-refractivity contribution in [2.24, 2.45) is 0 Å². The van der Waals surface area contributed by atoms with Crippen molar-refractivity contribution in [2.45, 2.75) is 19.9 Å². The van der Waals surface area contributed by atoms with E-state index in [1.807, 2.05) is 37.1 Å². The van der Waals surface area contributed by atoms with E-state index in [0.717, 1.165) is 42.3 Å². The van der Waals surface area contributed by atoms with Gasteiger partial charge < -0.3 is 15.0 Å². The smallest absolute Gasteiger partial charge is 0.168 e. The largest absolute Gasteiger partial charge is 0.382 e. The van der Waals surface area contributed by atoms with Crippen molar-refractivity contribution in [1.29, 1.82) is 0 Å². The highest BCUT2D eigenvalue weighted by atomic mass is 79.9. The highest BCUT2D eigenvalue weighted by Gasteiger charge is 2.06. The van der Waals surface area contributed by atoms with Gasteiger partial charge in [-0.1, -0.05) is 34.1 Å². The van der Waals surface area contributed by atoms with E-state index in [9.17, 15) is 0 Å². The predicted molar refractivity (Wildman–Crippen MR) is 87.3 cm³/mol. The molecule has 1 rings (SSSR count). The number of rotatable bonds is 7. The number of thiocarbonyl (C=S) groups is 1. The van der Waals surface area contributed by atoms with Crippen LogP contribution in [0.3, 0.4) is 0 Å². The molecule has 0 spiro atoms. The van der Waals surface area contributed by atoms with E-state index in [1.165, 1.54) is 5.56 Å². The monoisotopic (exact) mass is 344 g/mol. The van der Waals surface area contributed by atoms with Gasteiger partial charge in [-0.15, -0.1) is 0 Å². The minimum atomic E-state index is 0.770. The molecule has 0 bridgehead atoms. The fourth-order valence-electron chi connectivity index (χ4n) is 1.60. The van der Waals surface area contributed by atoms with E-state index in [4.69, 9.17) is 17.0 Å². The predicted octanol–water partition coefficient (Wildman–Crippen LogP) is 3.18. The molecular formula is C14H21BrN2OS. The van der Waals surface area contributed by atoms with Crippen LogP contribution in [-0.4, -0.2) is 36.8 Å². The van der Waals surface area contributed by atoms with Gasteiger partial charge in [-0.05, 0) is 37.2 Å². The molecule has 0 fully saturated rings. The van der Waals surface area contributed by atoms with Gasteiger partial charge in [0.1, 0.15) is 0 Å². The van der Waals surface area contributed by atoms with E-state index >= 15 is 0 Å². The van der Waals surface area contributed by atoms with Gasteiger partial charge in [-0.25, -0.2) is 0 Å². The Kier molecular flexibility index (Phi) is 8.02. The molecule has 1 aromatic rings. The lowest BCUT2D eigenvalue weighted by atomic mass is 10.2. The topological polar surface area (TPSA) is 24.5 Å². The lowest BCUT2D eigenvalue weighted by Crippen LogP contribution is -2.37. The molecule has 19 heavy (non-hydrogen) atoms. The standard InChI is InChI=1S/C14H21BrN2OS/c1-3-18-10-6-9-16-14(19)17(2)11-12-7-4-5-8-13(12)15/h4-5,7-8H,3,6,9-11H2,1-2H3,(H,16,19). The minimum absolute atomic E-state index is 0.770. The van der Waals surface area contributed by atoms with Crippen LogP contribution in [-0.2, 0) is 11.3 Å². The Bertz CT molecular complexity index is 401. The molecule has 3 nitrogen and oxygen atoms in total. The second kappa shape index (κ2) is 9.28. The first-order chi connectivity index (χ1) is 9.15. The van der Waals surface area contributed by atoms with E-state index < -0.39 is 0 Å². The van der Waals surface area contributed by atoms with E-state index in [-0.39, 0.29) is 0 Å².